The fourth-order valence-corrected chi connectivity index (χ4v) is 11.7. The Labute approximate surface area is 254 Å². The number of para-hydroxylation sites is 4. The summed E-state index contributed by atoms with van der Waals surface area (Å²) < 4.78 is 52.6. The van der Waals surface area contributed by atoms with Crippen molar-refractivity contribution in [3.8, 4) is 23.0 Å². The average molecular weight is 631 g/mol. The van der Waals surface area contributed by atoms with Crippen molar-refractivity contribution >= 4 is 28.4 Å². The molecule has 0 aliphatic rings. The molecule has 5 aromatic carbocycles. The second-order valence-electron chi connectivity index (χ2n) is 9.61. The van der Waals surface area contributed by atoms with Gasteiger partial charge in [0.2, 0.25) is 0 Å². The molecule has 6 nitrogen and oxygen atoms in total. The molecule has 0 saturated heterocycles. The van der Waals surface area contributed by atoms with Gasteiger partial charge >= 0.3 is 15.2 Å². The molecule has 0 aliphatic heterocycles. The van der Waals surface area contributed by atoms with Gasteiger partial charge < -0.3 is 18.1 Å². The molecular formula is C34H33O6P3. The summed E-state index contributed by atoms with van der Waals surface area (Å²) in [5.74, 6) is 1.90. The van der Waals surface area contributed by atoms with Crippen molar-refractivity contribution < 1.29 is 27.2 Å². The Bertz CT molecular complexity index is 1430. The van der Waals surface area contributed by atoms with Crippen molar-refractivity contribution in [3.63, 3.8) is 0 Å². The second-order valence-corrected chi connectivity index (χ2v) is 16.2. The van der Waals surface area contributed by atoms with Gasteiger partial charge in [-0.3, -0.25) is 0 Å². The van der Waals surface area contributed by atoms with Crippen molar-refractivity contribution in [2.24, 2.45) is 0 Å². The van der Waals surface area contributed by atoms with Gasteiger partial charge in [-0.2, -0.15) is 0 Å². The second kappa shape index (κ2) is 15.1. The maximum absolute atomic E-state index is 14.2. The minimum atomic E-state index is -3.63. The zero-order valence-corrected chi connectivity index (χ0v) is 26.2. The molecule has 0 N–H and O–H groups in total. The van der Waals surface area contributed by atoms with Gasteiger partial charge in [0, 0.05) is 0 Å². The molecule has 0 unspecified atom stereocenters. The maximum atomic E-state index is 14.2. The molecule has 0 bridgehead atoms. The van der Waals surface area contributed by atoms with Crippen LogP contribution >= 0.6 is 23.1 Å². The van der Waals surface area contributed by atoms with Crippen LogP contribution in [-0.2, 0) is 9.13 Å². The summed E-state index contributed by atoms with van der Waals surface area (Å²) in [5.41, 5.74) is 0. The van der Waals surface area contributed by atoms with Crippen LogP contribution in [-0.4, -0.2) is 24.6 Å². The van der Waals surface area contributed by atoms with Crippen LogP contribution in [0.25, 0.3) is 0 Å². The first kappa shape index (κ1) is 30.6. The number of hydrogen-bond acceptors (Lipinski definition) is 6. The molecule has 0 heterocycles. The monoisotopic (exact) mass is 630 g/mol. The highest BCUT2D eigenvalue weighted by Crippen LogP contribution is 2.54. The van der Waals surface area contributed by atoms with Gasteiger partial charge in [0.05, 0.1) is 12.3 Å². The third-order valence-electron chi connectivity index (χ3n) is 6.36. The van der Waals surface area contributed by atoms with Gasteiger partial charge in [-0.25, -0.2) is 9.13 Å². The lowest BCUT2D eigenvalue weighted by atomic mass is 10.3. The summed E-state index contributed by atoms with van der Waals surface area (Å²) in [4.78, 5) is 0. The molecule has 220 valence electrons. The summed E-state index contributed by atoms with van der Waals surface area (Å²) in [6.45, 7) is 0. The van der Waals surface area contributed by atoms with Crippen LogP contribution in [0.3, 0.4) is 0 Å². The lowest BCUT2D eigenvalue weighted by Crippen LogP contribution is -2.15. The molecule has 0 aliphatic carbocycles. The molecule has 5 rings (SSSR count). The topological polar surface area (TPSA) is 71.1 Å². The Balaban J connectivity index is 1.38. The Morgan fingerprint density at radius 1 is 0.395 bits per heavy atom. The van der Waals surface area contributed by atoms with Crippen molar-refractivity contribution in [1.29, 1.82) is 0 Å². The maximum Gasteiger partial charge on any atom is 0.431 e. The third kappa shape index (κ3) is 9.60. The quantitative estimate of drug-likeness (QED) is 0.107. The smallest absolute Gasteiger partial charge is 0.416 e. The molecule has 0 amide bonds. The van der Waals surface area contributed by atoms with Crippen LogP contribution in [0, 0.1) is 0 Å². The van der Waals surface area contributed by atoms with E-state index in [4.69, 9.17) is 18.1 Å². The molecule has 9 heteroatoms. The molecular weight excluding hydrogens is 597 g/mol. The molecule has 0 spiro atoms. The van der Waals surface area contributed by atoms with E-state index in [0.29, 0.717) is 35.3 Å². The van der Waals surface area contributed by atoms with E-state index in [9.17, 15) is 9.13 Å². The highest BCUT2D eigenvalue weighted by Gasteiger charge is 2.33. The van der Waals surface area contributed by atoms with E-state index in [2.05, 4.69) is 0 Å². The predicted molar refractivity (Wildman–Crippen MR) is 176 cm³/mol. The highest BCUT2D eigenvalue weighted by molar-refractivity contribution is 7.68. The van der Waals surface area contributed by atoms with Crippen LogP contribution in [0.5, 0.6) is 23.0 Å². The zero-order valence-electron chi connectivity index (χ0n) is 23.6. The van der Waals surface area contributed by atoms with Gasteiger partial charge in [-0.1, -0.05) is 111 Å². The van der Waals surface area contributed by atoms with Gasteiger partial charge in [0.25, 0.3) is 0 Å². The fraction of sp³-hybridized carbons (Fsp3) is 0.118. The first-order valence-corrected chi connectivity index (χ1v) is 19.1. The molecule has 0 saturated carbocycles. The third-order valence-corrected chi connectivity index (χ3v) is 13.1. The van der Waals surface area contributed by atoms with Crippen molar-refractivity contribution in [1.82, 2.24) is 0 Å². The van der Waals surface area contributed by atoms with Crippen molar-refractivity contribution in [2.75, 3.05) is 24.6 Å². The van der Waals surface area contributed by atoms with E-state index in [1.54, 1.807) is 48.5 Å². The molecule has 0 aromatic heterocycles. The van der Waals surface area contributed by atoms with Gasteiger partial charge in [-0.15, -0.1) is 0 Å². The minimum absolute atomic E-state index is 0.167. The zero-order chi connectivity index (χ0) is 29.8. The molecule has 0 atom stereocenters. The van der Waals surface area contributed by atoms with Gasteiger partial charge in [-0.05, 0) is 66.2 Å². The van der Waals surface area contributed by atoms with Gasteiger partial charge in [0.1, 0.15) is 23.0 Å². The van der Waals surface area contributed by atoms with E-state index in [-0.39, 0.29) is 12.3 Å². The number of benzene rings is 5. The summed E-state index contributed by atoms with van der Waals surface area (Å²) in [6, 6.07) is 46.2. The number of rotatable bonds is 15. The van der Waals surface area contributed by atoms with Crippen molar-refractivity contribution in [3.05, 3.63) is 152 Å². The van der Waals surface area contributed by atoms with E-state index < -0.39 is 23.1 Å². The average Bonchev–Trinajstić information content (AvgIpc) is 3.03. The Morgan fingerprint density at radius 3 is 0.930 bits per heavy atom. The lowest BCUT2D eigenvalue weighted by molar-refractivity contribution is 0.387. The van der Waals surface area contributed by atoms with E-state index >= 15 is 0 Å². The highest BCUT2D eigenvalue weighted by atomic mass is 31.2. The van der Waals surface area contributed by atoms with Crippen LogP contribution in [0.1, 0.15) is 0 Å². The van der Waals surface area contributed by atoms with E-state index in [0.717, 1.165) is 5.30 Å². The Kier molecular flexibility index (Phi) is 10.7. The standard InChI is InChI=1S/C34H33O6P3/c35-42(37-30-16-6-1-7-17-30,38-31-18-8-2-9-19-31)28-26-41(34-24-14-5-15-25-34)27-29-43(36,39-32-20-10-3-11-21-32)40-33-22-12-4-13-23-33/h1-25H,26-29H2. The molecule has 0 radical (unpaired) electrons. The van der Waals surface area contributed by atoms with Gasteiger partial charge in [0.15, 0.2) is 0 Å². The van der Waals surface area contributed by atoms with Crippen molar-refractivity contribution in [2.45, 2.75) is 0 Å². The summed E-state index contributed by atoms with van der Waals surface area (Å²) in [6.07, 6.45) is 1.38. The molecule has 5 aromatic rings. The minimum Gasteiger partial charge on any atom is -0.416 e. The van der Waals surface area contributed by atoms with Crippen LogP contribution in [0.2, 0.25) is 0 Å². The normalized spacial score (nSPS) is 11.6. The largest absolute Gasteiger partial charge is 0.431 e. The summed E-state index contributed by atoms with van der Waals surface area (Å²) in [7, 11) is -8.20. The Hall–Kier alpha value is -3.81. The first-order chi connectivity index (χ1) is 21.0. The van der Waals surface area contributed by atoms with Crippen LogP contribution < -0.4 is 23.4 Å². The SMILES string of the molecule is O=P(CCP(CCP(=O)(Oc1ccccc1)Oc1ccccc1)c1ccccc1)(Oc1ccccc1)Oc1ccccc1. The van der Waals surface area contributed by atoms with Crippen LogP contribution in [0.4, 0.5) is 0 Å². The molecule has 43 heavy (non-hydrogen) atoms. The fourth-order valence-electron chi connectivity index (χ4n) is 4.28. The van der Waals surface area contributed by atoms with Crippen LogP contribution in [0.15, 0.2) is 152 Å². The number of hydrogen-bond donors (Lipinski definition) is 0. The van der Waals surface area contributed by atoms with E-state index in [1.807, 2.05) is 103 Å². The summed E-state index contributed by atoms with van der Waals surface area (Å²) >= 11 is 0. The summed E-state index contributed by atoms with van der Waals surface area (Å²) in [5, 5.41) is 1.09. The Morgan fingerprint density at radius 2 is 0.651 bits per heavy atom. The molecule has 0 fully saturated rings. The van der Waals surface area contributed by atoms with E-state index in [1.165, 1.54) is 0 Å². The lowest BCUT2D eigenvalue weighted by Gasteiger charge is -2.25. The first-order valence-electron chi connectivity index (χ1n) is 14.0. The predicted octanol–water partition coefficient (Wildman–Crippen LogP) is 9.50.